The maximum atomic E-state index is 5.83. The first-order valence-corrected chi connectivity index (χ1v) is 7.34. The summed E-state index contributed by atoms with van der Waals surface area (Å²) >= 11 is 0. The summed E-state index contributed by atoms with van der Waals surface area (Å²) in [5.41, 5.74) is 1.60. The predicted octanol–water partition coefficient (Wildman–Crippen LogP) is 2.15. The van der Waals surface area contributed by atoms with E-state index < -0.39 is 0 Å². The zero-order valence-corrected chi connectivity index (χ0v) is 12.6. The minimum atomic E-state index is 0.278. The predicted molar refractivity (Wildman–Crippen MR) is 77.1 cm³/mol. The lowest BCUT2D eigenvalue weighted by Crippen LogP contribution is -2.42. The summed E-state index contributed by atoms with van der Waals surface area (Å²) < 4.78 is 7.71. The van der Waals surface area contributed by atoms with Crippen molar-refractivity contribution in [1.82, 2.24) is 15.1 Å². The number of hydrogen-bond acceptors (Lipinski definition) is 3. The summed E-state index contributed by atoms with van der Waals surface area (Å²) in [6, 6.07) is 0.531. The molecule has 4 nitrogen and oxygen atoms in total. The SMILES string of the molecule is CC(C)NCC1(CCc2cnn(C)c2)CCOC1C. The molecule has 0 spiro atoms. The molecule has 1 aliphatic rings. The Morgan fingerprint density at radius 3 is 2.89 bits per heavy atom. The van der Waals surface area contributed by atoms with Crippen LogP contribution < -0.4 is 5.32 Å². The molecule has 0 amide bonds. The van der Waals surface area contributed by atoms with Crippen molar-refractivity contribution < 1.29 is 4.74 Å². The molecule has 2 atom stereocenters. The highest BCUT2D eigenvalue weighted by molar-refractivity contribution is 5.06. The highest BCUT2D eigenvalue weighted by Gasteiger charge is 2.40. The molecular weight excluding hydrogens is 238 g/mol. The third-order valence-corrected chi connectivity index (χ3v) is 4.36. The van der Waals surface area contributed by atoms with Gasteiger partial charge in [-0.25, -0.2) is 0 Å². The van der Waals surface area contributed by atoms with Crippen LogP contribution in [0, 0.1) is 5.41 Å². The highest BCUT2D eigenvalue weighted by atomic mass is 16.5. The molecule has 2 heterocycles. The lowest BCUT2D eigenvalue weighted by atomic mass is 9.76. The van der Waals surface area contributed by atoms with Gasteiger partial charge in [0.1, 0.15) is 0 Å². The molecule has 4 heteroatoms. The van der Waals surface area contributed by atoms with E-state index in [1.165, 1.54) is 12.0 Å². The standard InChI is InChI=1S/C15H27N3O/c1-12(2)16-11-15(7-8-19-13(15)3)6-5-14-9-17-18(4)10-14/h9-10,12-13,16H,5-8,11H2,1-4H3. The van der Waals surface area contributed by atoms with Gasteiger partial charge in [-0.1, -0.05) is 13.8 Å². The van der Waals surface area contributed by atoms with Gasteiger partial charge in [0.25, 0.3) is 0 Å². The zero-order valence-electron chi connectivity index (χ0n) is 12.6. The van der Waals surface area contributed by atoms with Gasteiger partial charge in [-0.3, -0.25) is 4.68 Å². The van der Waals surface area contributed by atoms with Crippen LogP contribution in [-0.2, 0) is 18.2 Å². The molecule has 1 aromatic heterocycles. The van der Waals surface area contributed by atoms with Crippen LogP contribution >= 0.6 is 0 Å². The van der Waals surface area contributed by atoms with Crippen LogP contribution in [-0.4, -0.2) is 35.1 Å². The number of ether oxygens (including phenoxy) is 1. The lowest BCUT2D eigenvalue weighted by Gasteiger charge is -2.33. The van der Waals surface area contributed by atoms with Crippen LogP contribution in [0.15, 0.2) is 12.4 Å². The van der Waals surface area contributed by atoms with Gasteiger partial charge < -0.3 is 10.1 Å². The molecule has 1 aliphatic heterocycles. The van der Waals surface area contributed by atoms with Crippen LogP contribution in [0.2, 0.25) is 0 Å². The van der Waals surface area contributed by atoms with Gasteiger partial charge in [0, 0.05) is 37.9 Å². The summed E-state index contributed by atoms with van der Waals surface area (Å²) in [4.78, 5) is 0. The monoisotopic (exact) mass is 265 g/mol. The van der Waals surface area contributed by atoms with Gasteiger partial charge in [0.05, 0.1) is 12.3 Å². The van der Waals surface area contributed by atoms with E-state index in [1.54, 1.807) is 0 Å². The van der Waals surface area contributed by atoms with Crippen molar-refractivity contribution in [1.29, 1.82) is 0 Å². The first-order chi connectivity index (χ1) is 9.02. The van der Waals surface area contributed by atoms with Gasteiger partial charge in [0.15, 0.2) is 0 Å². The molecule has 19 heavy (non-hydrogen) atoms. The Labute approximate surface area is 116 Å². The Balaban J connectivity index is 1.97. The first kappa shape index (κ1) is 14.5. The number of rotatable bonds is 6. The van der Waals surface area contributed by atoms with Gasteiger partial charge in [-0.2, -0.15) is 5.10 Å². The summed E-state index contributed by atoms with van der Waals surface area (Å²) in [7, 11) is 1.97. The van der Waals surface area contributed by atoms with Crippen molar-refractivity contribution in [3.63, 3.8) is 0 Å². The van der Waals surface area contributed by atoms with Crippen LogP contribution in [0.1, 0.15) is 39.2 Å². The van der Waals surface area contributed by atoms with E-state index in [0.29, 0.717) is 12.1 Å². The first-order valence-electron chi connectivity index (χ1n) is 7.34. The Kier molecular flexibility index (Phi) is 4.63. The number of aromatic nitrogens is 2. The number of nitrogens with one attached hydrogen (secondary N) is 1. The minimum absolute atomic E-state index is 0.278. The molecule has 2 rings (SSSR count). The van der Waals surface area contributed by atoms with E-state index in [4.69, 9.17) is 4.74 Å². The molecule has 0 aromatic carbocycles. The summed E-state index contributed by atoms with van der Waals surface area (Å²) in [6.45, 7) is 8.57. The summed E-state index contributed by atoms with van der Waals surface area (Å²) in [5.74, 6) is 0. The molecule has 0 saturated carbocycles. The van der Waals surface area contributed by atoms with E-state index in [2.05, 4.69) is 37.4 Å². The fourth-order valence-electron chi connectivity index (χ4n) is 2.87. The molecule has 1 fully saturated rings. The summed E-state index contributed by atoms with van der Waals surface area (Å²) in [5, 5.41) is 7.85. The molecule has 0 bridgehead atoms. The van der Waals surface area contributed by atoms with E-state index >= 15 is 0 Å². The average Bonchev–Trinajstić information content (AvgIpc) is 2.92. The Hall–Kier alpha value is -0.870. The molecule has 108 valence electrons. The van der Waals surface area contributed by atoms with Crippen molar-refractivity contribution in [2.45, 2.75) is 52.2 Å². The molecule has 0 aliphatic carbocycles. The third kappa shape index (κ3) is 3.57. The van der Waals surface area contributed by atoms with Crippen molar-refractivity contribution in [2.75, 3.05) is 13.2 Å². The Morgan fingerprint density at radius 2 is 2.37 bits per heavy atom. The summed E-state index contributed by atoms with van der Waals surface area (Å²) in [6.07, 6.45) is 7.85. The Bertz CT molecular complexity index is 402. The third-order valence-electron chi connectivity index (χ3n) is 4.36. The quantitative estimate of drug-likeness (QED) is 0.856. The van der Waals surface area contributed by atoms with E-state index in [-0.39, 0.29) is 5.41 Å². The van der Waals surface area contributed by atoms with E-state index in [0.717, 1.165) is 26.0 Å². The van der Waals surface area contributed by atoms with Crippen molar-refractivity contribution in [3.8, 4) is 0 Å². The number of nitrogens with zero attached hydrogens (tertiary/aromatic N) is 2. The van der Waals surface area contributed by atoms with E-state index in [1.807, 2.05) is 17.9 Å². The van der Waals surface area contributed by atoms with Crippen molar-refractivity contribution in [2.24, 2.45) is 12.5 Å². The maximum absolute atomic E-state index is 5.83. The average molecular weight is 265 g/mol. The van der Waals surface area contributed by atoms with E-state index in [9.17, 15) is 0 Å². The van der Waals surface area contributed by atoms with Crippen LogP contribution in [0.4, 0.5) is 0 Å². The molecular formula is C15H27N3O. The smallest absolute Gasteiger partial charge is 0.0616 e. The fourth-order valence-corrected chi connectivity index (χ4v) is 2.87. The normalized spacial score (nSPS) is 27.3. The molecule has 1 aromatic rings. The maximum Gasteiger partial charge on any atom is 0.0616 e. The van der Waals surface area contributed by atoms with Gasteiger partial charge in [-0.05, 0) is 31.7 Å². The van der Waals surface area contributed by atoms with Crippen molar-refractivity contribution >= 4 is 0 Å². The Morgan fingerprint density at radius 1 is 1.58 bits per heavy atom. The molecule has 1 N–H and O–H groups in total. The second kappa shape index (κ2) is 6.06. The molecule has 1 saturated heterocycles. The highest BCUT2D eigenvalue weighted by Crippen LogP contribution is 2.38. The minimum Gasteiger partial charge on any atom is -0.378 e. The van der Waals surface area contributed by atoms with Crippen LogP contribution in [0.25, 0.3) is 0 Å². The largest absolute Gasteiger partial charge is 0.378 e. The second-order valence-electron chi connectivity index (χ2n) is 6.18. The van der Waals surface area contributed by atoms with Crippen LogP contribution in [0.5, 0.6) is 0 Å². The van der Waals surface area contributed by atoms with Crippen molar-refractivity contribution in [3.05, 3.63) is 18.0 Å². The van der Waals surface area contributed by atoms with Gasteiger partial charge >= 0.3 is 0 Å². The van der Waals surface area contributed by atoms with Gasteiger partial charge in [-0.15, -0.1) is 0 Å². The lowest BCUT2D eigenvalue weighted by molar-refractivity contribution is 0.0576. The molecule has 2 unspecified atom stereocenters. The number of hydrogen-bond donors (Lipinski definition) is 1. The molecule has 0 radical (unpaired) electrons. The van der Waals surface area contributed by atoms with Gasteiger partial charge in [0.2, 0.25) is 0 Å². The van der Waals surface area contributed by atoms with Crippen LogP contribution in [0.3, 0.4) is 0 Å². The fraction of sp³-hybridized carbons (Fsp3) is 0.800. The topological polar surface area (TPSA) is 39.1 Å². The number of aryl methyl sites for hydroxylation is 2. The second-order valence-corrected chi connectivity index (χ2v) is 6.18. The zero-order chi connectivity index (χ0) is 13.9.